The van der Waals surface area contributed by atoms with E-state index in [4.69, 9.17) is 5.11 Å². The van der Waals surface area contributed by atoms with Crippen molar-refractivity contribution in [1.29, 1.82) is 0 Å². The number of hydrogen-bond donors (Lipinski definition) is 1. The van der Waals surface area contributed by atoms with Crippen molar-refractivity contribution in [1.82, 2.24) is 14.6 Å². The summed E-state index contributed by atoms with van der Waals surface area (Å²) < 4.78 is 40.7. The van der Waals surface area contributed by atoms with Crippen LogP contribution in [0.4, 0.5) is 13.2 Å². The average Bonchev–Trinajstić information content (AvgIpc) is 2.90. The summed E-state index contributed by atoms with van der Waals surface area (Å²) in [7, 11) is 0. The molecule has 1 N–H and O–H groups in total. The first-order chi connectivity index (χ1) is 10.7. The number of rotatable bonds is 2. The van der Waals surface area contributed by atoms with Gasteiger partial charge in [-0.15, -0.1) is 0 Å². The quantitative estimate of drug-likeness (QED) is 0.914. The Bertz CT molecular complexity index is 761. The van der Waals surface area contributed by atoms with Gasteiger partial charge in [-0.05, 0) is 18.9 Å². The number of carbonyl (C=O) groups is 1. The molecule has 1 fully saturated rings. The predicted octanol–water partition coefficient (Wildman–Crippen LogP) is 3.67. The van der Waals surface area contributed by atoms with Crippen molar-refractivity contribution in [3.63, 3.8) is 0 Å². The summed E-state index contributed by atoms with van der Waals surface area (Å²) in [6.07, 6.45) is -0.127. The van der Waals surface area contributed by atoms with E-state index in [-0.39, 0.29) is 5.65 Å². The number of nitrogens with zero attached hydrogens (tertiary/aromatic N) is 3. The Kier molecular flexibility index (Phi) is 3.57. The van der Waals surface area contributed by atoms with Gasteiger partial charge in [-0.1, -0.05) is 26.2 Å². The molecule has 0 unspecified atom stereocenters. The lowest BCUT2D eigenvalue weighted by Gasteiger charge is -2.33. The molecule has 2 aromatic heterocycles. The third-order valence-corrected chi connectivity index (χ3v) is 4.51. The fraction of sp³-hybridized carbons (Fsp3) is 0.533. The molecular formula is C15H16F3N3O2. The maximum Gasteiger partial charge on any atom is 0.433 e. The summed E-state index contributed by atoms with van der Waals surface area (Å²) in [5.74, 6) is -1.38. The first-order valence-corrected chi connectivity index (χ1v) is 7.42. The first-order valence-electron chi connectivity index (χ1n) is 7.42. The highest BCUT2D eigenvalue weighted by atomic mass is 19.4. The molecule has 0 radical (unpaired) electrons. The van der Waals surface area contributed by atoms with E-state index in [0.717, 1.165) is 44.2 Å². The molecule has 1 aliphatic rings. The molecule has 0 saturated heterocycles. The van der Waals surface area contributed by atoms with Crippen molar-refractivity contribution < 1.29 is 23.1 Å². The molecule has 2 aromatic rings. The highest BCUT2D eigenvalue weighted by molar-refractivity contribution is 5.86. The summed E-state index contributed by atoms with van der Waals surface area (Å²) >= 11 is 0. The van der Waals surface area contributed by atoms with Crippen LogP contribution in [0.25, 0.3) is 5.65 Å². The van der Waals surface area contributed by atoms with Crippen molar-refractivity contribution in [2.24, 2.45) is 0 Å². The summed E-state index contributed by atoms with van der Waals surface area (Å²) in [5.41, 5.74) is -1.59. The number of hydrogen-bond acceptors (Lipinski definition) is 3. The predicted molar refractivity (Wildman–Crippen MR) is 75.4 cm³/mol. The molecule has 1 saturated carbocycles. The van der Waals surface area contributed by atoms with Crippen LogP contribution < -0.4 is 0 Å². The highest BCUT2D eigenvalue weighted by Gasteiger charge is 2.38. The van der Waals surface area contributed by atoms with Crippen molar-refractivity contribution >= 4 is 11.6 Å². The van der Waals surface area contributed by atoms with Crippen LogP contribution in [0, 0.1) is 0 Å². The van der Waals surface area contributed by atoms with Gasteiger partial charge in [0, 0.05) is 11.5 Å². The second kappa shape index (κ2) is 5.21. The maximum absolute atomic E-state index is 13.4. The lowest BCUT2D eigenvalue weighted by Crippen LogP contribution is -2.28. The van der Waals surface area contributed by atoms with Crippen molar-refractivity contribution in [3.05, 3.63) is 29.2 Å². The van der Waals surface area contributed by atoms with Gasteiger partial charge in [0.25, 0.3) is 0 Å². The Morgan fingerprint density at radius 1 is 1.26 bits per heavy atom. The van der Waals surface area contributed by atoms with E-state index >= 15 is 0 Å². The molecule has 23 heavy (non-hydrogen) atoms. The summed E-state index contributed by atoms with van der Waals surface area (Å²) in [5, 5.41) is 12.5. The zero-order chi connectivity index (χ0) is 16.8. The van der Waals surface area contributed by atoms with Gasteiger partial charge >= 0.3 is 12.1 Å². The Morgan fingerprint density at radius 2 is 1.91 bits per heavy atom. The maximum atomic E-state index is 13.4. The zero-order valence-electron chi connectivity index (χ0n) is 12.5. The van der Waals surface area contributed by atoms with Crippen LogP contribution in [0.1, 0.15) is 60.9 Å². The minimum atomic E-state index is -4.64. The summed E-state index contributed by atoms with van der Waals surface area (Å²) in [6.45, 7) is 1.92. The van der Waals surface area contributed by atoms with E-state index in [2.05, 4.69) is 10.1 Å². The standard InChI is InChI=1S/C15H16F3N3O2/c1-14(5-3-2-4-6-14)10-8-11(15(16,17)18)21-12(19-10)7-9(20-21)13(22)23/h7-8H,2-6H2,1H3,(H,22,23). The van der Waals surface area contributed by atoms with E-state index in [1.165, 1.54) is 0 Å². The van der Waals surface area contributed by atoms with Gasteiger partial charge in [-0.3, -0.25) is 0 Å². The largest absolute Gasteiger partial charge is 0.476 e. The number of carboxylic acids is 1. The number of fused-ring (bicyclic) bond motifs is 1. The number of halogens is 3. The van der Waals surface area contributed by atoms with Crippen LogP contribution in [-0.2, 0) is 11.6 Å². The van der Waals surface area contributed by atoms with Gasteiger partial charge in [0.15, 0.2) is 11.3 Å². The van der Waals surface area contributed by atoms with E-state index in [1.54, 1.807) is 0 Å². The van der Waals surface area contributed by atoms with Crippen LogP contribution >= 0.6 is 0 Å². The lowest BCUT2D eigenvalue weighted by atomic mass is 9.73. The summed E-state index contributed by atoms with van der Waals surface area (Å²) in [4.78, 5) is 15.3. The van der Waals surface area contributed by atoms with Crippen LogP contribution in [0.2, 0.25) is 0 Å². The van der Waals surface area contributed by atoms with Gasteiger partial charge in [0.1, 0.15) is 5.69 Å². The lowest BCUT2D eigenvalue weighted by molar-refractivity contribution is -0.142. The van der Waals surface area contributed by atoms with Gasteiger partial charge in [0.05, 0.1) is 5.69 Å². The molecule has 0 amide bonds. The molecular weight excluding hydrogens is 311 g/mol. The third-order valence-electron chi connectivity index (χ3n) is 4.51. The van der Waals surface area contributed by atoms with Crippen LogP contribution in [0.3, 0.4) is 0 Å². The van der Waals surface area contributed by atoms with Crippen molar-refractivity contribution in [3.8, 4) is 0 Å². The van der Waals surface area contributed by atoms with E-state index in [0.29, 0.717) is 10.2 Å². The second-order valence-electron chi connectivity index (χ2n) is 6.25. The second-order valence-corrected chi connectivity index (χ2v) is 6.25. The van der Waals surface area contributed by atoms with Gasteiger partial charge in [-0.2, -0.15) is 18.3 Å². The van der Waals surface area contributed by atoms with Crippen LogP contribution in [0.15, 0.2) is 12.1 Å². The average molecular weight is 327 g/mol. The molecule has 1 aliphatic carbocycles. The number of alkyl halides is 3. The molecule has 2 heterocycles. The fourth-order valence-corrected chi connectivity index (χ4v) is 3.18. The van der Waals surface area contributed by atoms with Gasteiger partial charge in [-0.25, -0.2) is 14.3 Å². The Hall–Kier alpha value is -2.12. The zero-order valence-corrected chi connectivity index (χ0v) is 12.5. The molecule has 5 nitrogen and oxygen atoms in total. The van der Waals surface area contributed by atoms with E-state index in [9.17, 15) is 18.0 Å². The molecule has 0 aliphatic heterocycles. The van der Waals surface area contributed by atoms with Crippen molar-refractivity contribution in [2.45, 2.75) is 50.6 Å². The summed E-state index contributed by atoms with van der Waals surface area (Å²) in [6, 6.07) is 2.09. The molecule has 8 heteroatoms. The smallest absolute Gasteiger partial charge is 0.433 e. The van der Waals surface area contributed by atoms with Gasteiger partial charge < -0.3 is 5.11 Å². The highest BCUT2D eigenvalue weighted by Crippen LogP contribution is 2.40. The molecule has 0 spiro atoms. The minimum absolute atomic E-state index is 0.0842. The SMILES string of the molecule is CC1(c2cc(C(F)(F)F)n3nc(C(=O)O)cc3n2)CCCCC1. The van der Waals surface area contributed by atoms with Crippen LogP contribution in [0.5, 0.6) is 0 Å². The minimum Gasteiger partial charge on any atom is -0.476 e. The molecule has 0 aromatic carbocycles. The molecule has 0 bridgehead atoms. The van der Waals surface area contributed by atoms with Gasteiger partial charge in [0.2, 0.25) is 0 Å². The van der Waals surface area contributed by atoms with E-state index < -0.39 is 28.9 Å². The van der Waals surface area contributed by atoms with Crippen molar-refractivity contribution in [2.75, 3.05) is 0 Å². The molecule has 3 rings (SSSR count). The fourth-order valence-electron chi connectivity index (χ4n) is 3.18. The third kappa shape index (κ3) is 2.77. The Labute approximate surface area is 130 Å². The first kappa shape index (κ1) is 15.8. The number of carboxylic acid groups (broad SMARTS) is 1. The Balaban J connectivity index is 2.22. The van der Waals surface area contributed by atoms with Crippen LogP contribution in [-0.4, -0.2) is 25.7 Å². The molecule has 0 atom stereocenters. The monoisotopic (exact) mass is 327 g/mol. The normalized spacial score (nSPS) is 18.3. The topological polar surface area (TPSA) is 67.5 Å². The van der Waals surface area contributed by atoms with E-state index in [1.807, 2.05) is 6.92 Å². The Morgan fingerprint density at radius 3 is 2.48 bits per heavy atom. The number of aromatic carboxylic acids is 1. The number of aromatic nitrogens is 3. The molecule has 124 valence electrons.